The molecule has 0 unspecified atom stereocenters. The van der Waals surface area contributed by atoms with Crippen LogP contribution in [-0.2, 0) is 6.18 Å². The molecule has 0 bridgehead atoms. The number of alkyl halides is 3. The number of hydrogen-bond acceptors (Lipinski definition) is 5. The molecule has 0 atom stereocenters. The summed E-state index contributed by atoms with van der Waals surface area (Å²) in [7, 11) is 0. The minimum atomic E-state index is -4.47. The molecule has 2 aromatic rings. The number of hydrogen-bond donors (Lipinski definition) is 1. The van der Waals surface area contributed by atoms with Crippen LogP contribution in [0.5, 0.6) is 0 Å². The van der Waals surface area contributed by atoms with Crippen molar-refractivity contribution in [2.75, 3.05) is 0 Å². The van der Waals surface area contributed by atoms with Gasteiger partial charge in [-0.3, -0.25) is 14.9 Å². The summed E-state index contributed by atoms with van der Waals surface area (Å²) in [6.07, 6.45) is -3.27. The molecule has 1 aromatic heterocycles. The SMILES string of the molecule is O=C(N/N=C/c1csc([N+](=O)[O-])c1)c1ccc(C(F)(F)F)cc1. The molecule has 0 saturated carbocycles. The lowest BCUT2D eigenvalue weighted by Gasteiger charge is -2.06. The van der Waals surface area contributed by atoms with Crippen LogP contribution in [0.25, 0.3) is 0 Å². The zero-order valence-corrected chi connectivity index (χ0v) is 12.0. The average molecular weight is 343 g/mol. The Balaban J connectivity index is 1.98. The summed E-state index contributed by atoms with van der Waals surface area (Å²) in [4.78, 5) is 21.6. The monoisotopic (exact) mass is 343 g/mol. The normalized spacial score (nSPS) is 11.6. The first-order valence-corrected chi connectivity index (χ1v) is 6.89. The molecule has 120 valence electrons. The molecule has 1 N–H and O–H groups in total. The molecule has 0 spiro atoms. The van der Waals surface area contributed by atoms with E-state index in [0.717, 1.165) is 35.6 Å². The van der Waals surface area contributed by atoms with Crippen molar-refractivity contribution in [3.8, 4) is 0 Å². The van der Waals surface area contributed by atoms with Gasteiger partial charge in [0, 0.05) is 22.6 Å². The Labute approximate surface area is 131 Å². The number of benzene rings is 1. The molecule has 23 heavy (non-hydrogen) atoms. The molecule has 0 aliphatic carbocycles. The van der Waals surface area contributed by atoms with Gasteiger partial charge in [-0.1, -0.05) is 11.3 Å². The molecular formula is C13H8F3N3O3S. The number of carbonyl (C=O) groups is 1. The summed E-state index contributed by atoms with van der Waals surface area (Å²) in [5, 5.41) is 15.5. The summed E-state index contributed by atoms with van der Waals surface area (Å²) in [5.41, 5.74) is 1.70. The van der Waals surface area contributed by atoms with Crippen LogP contribution >= 0.6 is 11.3 Å². The highest BCUT2D eigenvalue weighted by molar-refractivity contribution is 7.13. The maximum Gasteiger partial charge on any atom is 0.416 e. The van der Waals surface area contributed by atoms with E-state index in [9.17, 15) is 28.1 Å². The van der Waals surface area contributed by atoms with Gasteiger partial charge in [0.2, 0.25) is 0 Å². The van der Waals surface area contributed by atoms with E-state index in [1.807, 2.05) is 0 Å². The summed E-state index contributed by atoms with van der Waals surface area (Å²) < 4.78 is 37.2. The van der Waals surface area contributed by atoms with Gasteiger partial charge in [-0.2, -0.15) is 18.3 Å². The highest BCUT2D eigenvalue weighted by Gasteiger charge is 2.30. The second-order valence-electron chi connectivity index (χ2n) is 4.25. The highest BCUT2D eigenvalue weighted by atomic mass is 32.1. The third-order valence-electron chi connectivity index (χ3n) is 2.64. The minimum absolute atomic E-state index is 0.00597. The van der Waals surface area contributed by atoms with Crippen molar-refractivity contribution >= 4 is 28.5 Å². The third-order valence-corrected chi connectivity index (χ3v) is 3.54. The number of nitro groups is 1. The van der Waals surface area contributed by atoms with Crippen molar-refractivity contribution in [2.24, 2.45) is 5.10 Å². The highest BCUT2D eigenvalue weighted by Crippen LogP contribution is 2.29. The Morgan fingerprint density at radius 1 is 1.30 bits per heavy atom. The first kappa shape index (κ1) is 16.6. The van der Waals surface area contributed by atoms with Gasteiger partial charge >= 0.3 is 11.2 Å². The number of thiophene rings is 1. The van der Waals surface area contributed by atoms with E-state index in [4.69, 9.17) is 0 Å². The van der Waals surface area contributed by atoms with Crippen molar-refractivity contribution in [3.05, 3.63) is 62.5 Å². The molecule has 0 aliphatic heterocycles. The lowest BCUT2D eigenvalue weighted by atomic mass is 10.1. The fraction of sp³-hybridized carbons (Fsp3) is 0.0769. The van der Waals surface area contributed by atoms with Gasteiger partial charge in [-0.15, -0.1) is 0 Å². The second kappa shape index (κ2) is 6.57. The van der Waals surface area contributed by atoms with E-state index in [1.165, 1.54) is 17.7 Å². The molecular weight excluding hydrogens is 335 g/mol. The first-order valence-electron chi connectivity index (χ1n) is 6.01. The van der Waals surface area contributed by atoms with E-state index in [1.54, 1.807) is 0 Å². The Morgan fingerprint density at radius 3 is 2.48 bits per heavy atom. The van der Waals surface area contributed by atoms with E-state index in [0.29, 0.717) is 5.56 Å². The second-order valence-corrected chi connectivity index (χ2v) is 5.14. The molecule has 0 fully saturated rings. The first-order chi connectivity index (χ1) is 10.8. The number of hydrazone groups is 1. The van der Waals surface area contributed by atoms with Crippen molar-refractivity contribution in [3.63, 3.8) is 0 Å². The molecule has 1 amide bonds. The molecule has 0 saturated heterocycles. The summed E-state index contributed by atoms with van der Waals surface area (Å²) in [6.45, 7) is 0. The topological polar surface area (TPSA) is 84.6 Å². The molecule has 2 rings (SSSR count). The van der Waals surface area contributed by atoms with Crippen LogP contribution in [0.1, 0.15) is 21.5 Å². The number of carbonyl (C=O) groups excluding carboxylic acids is 1. The molecule has 0 aliphatic rings. The van der Waals surface area contributed by atoms with Crippen molar-refractivity contribution in [2.45, 2.75) is 6.18 Å². The Morgan fingerprint density at radius 2 is 1.96 bits per heavy atom. The van der Waals surface area contributed by atoms with Crippen molar-refractivity contribution < 1.29 is 22.9 Å². The molecule has 6 nitrogen and oxygen atoms in total. The largest absolute Gasteiger partial charge is 0.416 e. The predicted octanol–water partition coefficient (Wildman–Crippen LogP) is 3.44. The van der Waals surface area contributed by atoms with Crippen LogP contribution in [0.2, 0.25) is 0 Å². The molecule has 0 radical (unpaired) electrons. The van der Waals surface area contributed by atoms with Gasteiger partial charge in [0.1, 0.15) is 0 Å². The summed E-state index contributed by atoms with van der Waals surface area (Å²) >= 11 is 0.907. The Bertz CT molecular complexity index is 754. The average Bonchev–Trinajstić information content (AvgIpc) is 2.95. The van der Waals surface area contributed by atoms with Gasteiger partial charge in [0.15, 0.2) is 0 Å². The Kier molecular flexibility index (Phi) is 4.74. The van der Waals surface area contributed by atoms with Crippen LogP contribution in [0.3, 0.4) is 0 Å². The van der Waals surface area contributed by atoms with E-state index in [-0.39, 0.29) is 10.6 Å². The van der Waals surface area contributed by atoms with Gasteiger partial charge in [-0.25, -0.2) is 5.43 Å². The van der Waals surface area contributed by atoms with E-state index in [2.05, 4.69) is 10.5 Å². The smallest absolute Gasteiger partial charge is 0.267 e. The number of rotatable bonds is 4. The maximum atomic E-state index is 12.4. The van der Waals surface area contributed by atoms with Gasteiger partial charge in [0.05, 0.1) is 16.7 Å². The van der Waals surface area contributed by atoms with Crippen molar-refractivity contribution in [1.82, 2.24) is 5.43 Å². The lowest BCUT2D eigenvalue weighted by molar-refractivity contribution is -0.380. The zero-order valence-electron chi connectivity index (χ0n) is 11.2. The minimum Gasteiger partial charge on any atom is -0.267 e. The number of nitrogens with one attached hydrogen (secondary N) is 1. The van der Waals surface area contributed by atoms with Crippen LogP contribution in [0.4, 0.5) is 18.2 Å². The quantitative estimate of drug-likeness (QED) is 0.524. The van der Waals surface area contributed by atoms with E-state index < -0.39 is 22.6 Å². The number of amides is 1. The lowest BCUT2D eigenvalue weighted by Crippen LogP contribution is -2.17. The number of halogens is 3. The van der Waals surface area contributed by atoms with Gasteiger partial charge in [0.25, 0.3) is 5.91 Å². The molecule has 10 heteroatoms. The van der Waals surface area contributed by atoms with Crippen LogP contribution in [0.15, 0.2) is 40.8 Å². The Hall–Kier alpha value is -2.75. The molecule has 1 heterocycles. The molecule has 1 aromatic carbocycles. The summed E-state index contributed by atoms with van der Waals surface area (Å²) in [5.74, 6) is -0.695. The standard InChI is InChI=1S/C13H8F3N3O3S/c14-13(15,16)10-3-1-9(2-4-10)12(20)18-17-6-8-5-11(19(21)22)23-7-8/h1-7H,(H,18,20)/b17-6+. The maximum absolute atomic E-state index is 12.4. The fourth-order valence-electron chi connectivity index (χ4n) is 1.54. The van der Waals surface area contributed by atoms with Crippen molar-refractivity contribution in [1.29, 1.82) is 0 Å². The van der Waals surface area contributed by atoms with Gasteiger partial charge in [-0.05, 0) is 24.3 Å². The van der Waals surface area contributed by atoms with Gasteiger partial charge < -0.3 is 0 Å². The number of nitrogens with zero attached hydrogens (tertiary/aromatic N) is 2. The van der Waals surface area contributed by atoms with E-state index >= 15 is 0 Å². The summed E-state index contributed by atoms with van der Waals surface area (Å²) in [6, 6.07) is 4.92. The van der Waals surface area contributed by atoms with Crippen LogP contribution in [-0.4, -0.2) is 17.0 Å². The zero-order chi connectivity index (χ0) is 17.0. The fourth-order valence-corrected chi connectivity index (χ4v) is 2.22. The third kappa shape index (κ3) is 4.36. The predicted molar refractivity (Wildman–Crippen MR) is 77.5 cm³/mol. The van der Waals surface area contributed by atoms with Crippen LogP contribution in [0, 0.1) is 10.1 Å². The van der Waals surface area contributed by atoms with Crippen LogP contribution < -0.4 is 5.43 Å².